The van der Waals surface area contributed by atoms with E-state index in [0.717, 1.165) is 43.6 Å². The minimum Gasteiger partial charge on any atom is -0.436 e. The second kappa shape index (κ2) is 9.24. The van der Waals surface area contributed by atoms with Gasteiger partial charge < -0.3 is 4.74 Å². The fraction of sp³-hybridized carbons (Fsp3) is 0.172. The van der Waals surface area contributed by atoms with E-state index in [0.29, 0.717) is 6.42 Å². The quantitative estimate of drug-likeness (QED) is 0.258. The van der Waals surface area contributed by atoms with Crippen molar-refractivity contribution in [1.82, 2.24) is 9.91 Å². The minimum absolute atomic E-state index is 0.314. The molecule has 0 heterocycles. The highest BCUT2D eigenvalue weighted by molar-refractivity contribution is 5.87. The molecular weight excluding hydrogens is 438 g/mol. The molecule has 4 aromatic carbocycles. The predicted octanol–water partition coefficient (Wildman–Crippen LogP) is 4.92. The van der Waals surface area contributed by atoms with Crippen LogP contribution in [0.3, 0.4) is 0 Å². The molecule has 4 aromatic rings. The maximum Gasteiger partial charge on any atom is 0.411 e. The van der Waals surface area contributed by atoms with E-state index in [1.807, 2.05) is 91.0 Å². The Bertz CT molecular complexity index is 1370. The van der Waals surface area contributed by atoms with Gasteiger partial charge in [0, 0.05) is 31.6 Å². The number of amides is 2. The maximum atomic E-state index is 13.4. The third-order valence-electron chi connectivity index (χ3n) is 6.63. The number of ether oxygens (including phenoxy) is 1. The summed E-state index contributed by atoms with van der Waals surface area (Å²) in [7, 11) is 3.07. The first-order chi connectivity index (χ1) is 16.9. The Balaban J connectivity index is 1.42. The van der Waals surface area contributed by atoms with Gasteiger partial charge in [-0.2, -0.15) is 0 Å². The SMILES string of the molecule is CN(N)C(=O)[C@H](Cc1ccc2ccccc2c1)N(C)C(=O)OC1c2ccccc2-c2ccccc21. The van der Waals surface area contributed by atoms with Gasteiger partial charge in [-0.25, -0.2) is 10.6 Å². The van der Waals surface area contributed by atoms with E-state index in [1.54, 1.807) is 7.05 Å². The lowest BCUT2D eigenvalue weighted by Gasteiger charge is -2.30. The van der Waals surface area contributed by atoms with Gasteiger partial charge in [0.1, 0.15) is 6.04 Å². The van der Waals surface area contributed by atoms with Crippen molar-refractivity contribution in [3.8, 4) is 11.1 Å². The number of nitrogens with two attached hydrogens (primary N) is 1. The monoisotopic (exact) mass is 465 g/mol. The average molecular weight is 466 g/mol. The van der Waals surface area contributed by atoms with Crippen molar-refractivity contribution in [2.75, 3.05) is 14.1 Å². The van der Waals surface area contributed by atoms with Gasteiger partial charge in [-0.05, 0) is 27.5 Å². The van der Waals surface area contributed by atoms with Crippen LogP contribution in [0.2, 0.25) is 0 Å². The molecule has 1 atom stereocenters. The molecule has 0 fully saturated rings. The Kier molecular flexibility index (Phi) is 5.97. The molecule has 6 nitrogen and oxygen atoms in total. The highest BCUT2D eigenvalue weighted by Crippen LogP contribution is 2.45. The molecule has 0 spiro atoms. The predicted molar refractivity (Wildman–Crippen MR) is 136 cm³/mol. The van der Waals surface area contributed by atoms with E-state index < -0.39 is 18.2 Å². The van der Waals surface area contributed by atoms with Gasteiger partial charge in [-0.1, -0.05) is 91.0 Å². The zero-order chi connectivity index (χ0) is 24.5. The normalized spacial score (nSPS) is 13.1. The number of carbonyl (C=O) groups is 2. The molecule has 0 saturated carbocycles. The molecule has 6 heteroatoms. The standard InChI is InChI=1S/C29H27N3O3/c1-31(26(28(33)32(2)30)18-19-15-16-20-9-3-4-10-21(20)17-19)29(34)35-27-24-13-7-5-11-22(24)23-12-6-8-14-25(23)27/h3-17,26-27H,18,30H2,1-2H3/t26-/m0/s1. The number of rotatable bonds is 5. The van der Waals surface area contributed by atoms with Gasteiger partial charge in [0.25, 0.3) is 5.91 Å². The molecular formula is C29H27N3O3. The summed E-state index contributed by atoms with van der Waals surface area (Å²) in [6.07, 6.45) is -0.805. The first-order valence-corrected chi connectivity index (χ1v) is 11.6. The topological polar surface area (TPSA) is 75.9 Å². The van der Waals surface area contributed by atoms with Crippen molar-refractivity contribution >= 4 is 22.8 Å². The van der Waals surface area contributed by atoms with Crippen LogP contribution in [0.1, 0.15) is 22.8 Å². The smallest absolute Gasteiger partial charge is 0.411 e. The summed E-state index contributed by atoms with van der Waals surface area (Å²) >= 11 is 0. The maximum absolute atomic E-state index is 13.4. The number of likely N-dealkylation sites (N-methyl/N-ethyl adjacent to an activating group) is 2. The Morgan fingerprint density at radius 1 is 0.829 bits per heavy atom. The molecule has 35 heavy (non-hydrogen) atoms. The first kappa shape index (κ1) is 22.6. The lowest BCUT2D eigenvalue weighted by Crippen LogP contribution is -2.51. The van der Waals surface area contributed by atoms with Crippen LogP contribution in [0, 0.1) is 0 Å². The summed E-state index contributed by atoms with van der Waals surface area (Å²) < 4.78 is 6.02. The molecule has 2 N–H and O–H groups in total. The Hall–Kier alpha value is -4.16. The van der Waals surface area contributed by atoms with Crippen LogP contribution in [0.5, 0.6) is 0 Å². The van der Waals surface area contributed by atoms with Crippen molar-refractivity contribution in [2.45, 2.75) is 18.6 Å². The van der Waals surface area contributed by atoms with E-state index in [1.165, 1.54) is 11.9 Å². The summed E-state index contributed by atoms with van der Waals surface area (Å²) in [5.74, 6) is 5.44. The number of hydrazine groups is 1. The Morgan fingerprint density at radius 2 is 1.40 bits per heavy atom. The van der Waals surface area contributed by atoms with Crippen LogP contribution in [-0.4, -0.2) is 42.0 Å². The van der Waals surface area contributed by atoms with Crippen molar-refractivity contribution < 1.29 is 14.3 Å². The van der Waals surface area contributed by atoms with Gasteiger partial charge in [0.2, 0.25) is 0 Å². The van der Waals surface area contributed by atoms with Crippen LogP contribution in [-0.2, 0) is 16.0 Å². The number of fused-ring (bicyclic) bond motifs is 4. The number of hydrogen-bond acceptors (Lipinski definition) is 4. The number of hydrogen-bond donors (Lipinski definition) is 1. The molecule has 176 valence electrons. The molecule has 0 unspecified atom stereocenters. The highest BCUT2D eigenvalue weighted by atomic mass is 16.6. The summed E-state index contributed by atoms with van der Waals surface area (Å²) in [6, 6.07) is 29.1. The molecule has 0 bridgehead atoms. The molecule has 2 amide bonds. The van der Waals surface area contributed by atoms with E-state index in [2.05, 4.69) is 0 Å². The zero-order valence-corrected chi connectivity index (χ0v) is 19.7. The first-order valence-electron chi connectivity index (χ1n) is 11.6. The number of nitrogens with zero attached hydrogens (tertiary/aromatic N) is 2. The third-order valence-corrected chi connectivity index (χ3v) is 6.63. The fourth-order valence-electron chi connectivity index (χ4n) is 4.76. The fourth-order valence-corrected chi connectivity index (χ4v) is 4.76. The molecule has 1 aliphatic carbocycles. The van der Waals surface area contributed by atoms with Crippen molar-refractivity contribution in [3.05, 3.63) is 108 Å². The van der Waals surface area contributed by atoms with Crippen LogP contribution in [0.4, 0.5) is 4.79 Å². The van der Waals surface area contributed by atoms with E-state index >= 15 is 0 Å². The minimum atomic E-state index is -0.814. The van der Waals surface area contributed by atoms with Crippen molar-refractivity contribution in [1.29, 1.82) is 0 Å². The second-order valence-electron chi connectivity index (χ2n) is 8.90. The van der Waals surface area contributed by atoms with Crippen LogP contribution < -0.4 is 5.84 Å². The van der Waals surface area contributed by atoms with Crippen molar-refractivity contribution in [3.63, 3.8) is 0 Å². The van der Waals surface area contributed by atoms with Crippen LogP contribution in [0.15, 0.2) is 91.0 Å². The molecule has 0 saturated heterocycles. The molecule has 0 radical (unpaired) electrons. The van der Waals surface area contributed by atoms with Gasteiger partial charge in [-0.3, -0.25) is 14.7 Å². The molecule has 0 aromatic heterocycles. The van der Waals surface area contributed by atoms with Gasteiger partial charge >= 0.3 is 6.09 Å². The van der Waals surface area contributed by atoms with Gasteiger partial charge in [-0.15, -0.1) is 0 Å². The second-order valence-corrected chi connectivity index (χ2v) is 8.90. The van der Waals surface area contributed by atoms with Crippen LogP contribution >= 0.6 is 0 Å². The summed E-state index contributed by atoms with van der Waals surface area (Å²) in [4.78, 5) is 27.8. The Morgan fingerprint density at radius 3 is 2.03 bits per heavy atom. The number of benzene rings is 4. The molecule has 5 rings (SSSR count). The highest BCUT2D eigenvalue weighted by Gasteiger charge is 2.35. The van der Waals surface area contributed by atoms with Gasteiger partial charge in [0.15, 0.2) is 6.10 Å². The zero-order valence-electron chi connectivity index (χ0n) is 19.7. The largest absolute Gasteiger partial charge is 0.436 e. The lowest BCUT2D eigenvalue weighted by atomic mass is 10.0. The summed E-state index contributed by atoms with van der Waals surface area (Å²) in [5, 5.41) is 3.21. The van der Waals surface area contributed by atoms with Crippen LogP contribution in [0.25, 0.3) is 21.9 Å². The number of carbonyl (C=O) groups excluding carboxylic acids is 2. The van der Waals surface area contributed by atoms with E-state index in [-0.39, 0.29) is 5.91 Å². The molecule has 0 aliphatic heterocycles. The lowest BCUT2D eigenvalue weighted by molar-refractivity contribution is -0.135. The van der Waals surface area contributed by atoms with Crippen molar-refractivity contribution in [2.24, 2.45) is 5.84 Å². The Labute approximate surface area is 204 Å². The molecule has 1 aliphatic rings. The summed E-state index contributed by atoms with van der Waals surface area (Å²) in [6.45, 7) is 0. The third kappa shape index (κ3) is 4.24. The average Bonchev–Trinajstić information content (AvgIpc) is 3.20. The summed E-state index contributed by atoms with van der Waals surface area (Å²) in [5.41, 5.74) is 4.90. The van der Waals surface area contributed by atoms with E-state index in [4.69, 9.17) is 10.6 Å². The van der Waals surface area contributed by atoms with Gasteiger partial charge in [0.05, 0.1) is 0 Å². The van der Waals surface area contributed by atoms with E-state index in [9.17, 15) is 9.59 Å².